The van der Waals surface area contributed by atoms with E-state index in [0.717, 1.165) is 50.3 Å². The molecule has 0 aliphatic heterocycles. The van der Waals surface area contributed by atoms with Gasteiger partial charge in [0.25, 0.3) is 0 Å². The Morgan fingerprint density at radius 3 is 1.23 bits per heavy atom. The predicted octanol–water partition coefficient (Wildman–Crippen LogP) is 16.8. The van der Waals surface area contributed by atoms with E-state index in [-0.39, 0.29) is 0 Å². The molecule has 2 aromatic heterocycles. The Labute approximate surface area is 382 Å². The number of rotatable bonds is 6. The molecule has 0 fully saturated rings. The lowest BCUT2D eigenvalue weighted by Crippen LogP contribution is -1.97. The Morgan fingerprint density at radius 2 is 0.667 bits per heavy atom. The summed E-state index contributed by atoms with van der Waals surface area (Å²) in [6.45, 7) is 0. The Morgan fingerprint density at radius 1 is 0.242 bits per heavy atom. The monoisotopic (exact) mass is 837 g/mol. The molecule has 13 aromatic rings. The van der Waals surface area contributed by atoms with E-state index in [1.165, 1.54) is 75.8 Å². The van der Waals surface area contributed by atoms with Crippen LogP contribution in [0.5, 0.6) is 0 Å². The predicted molar refractivity (Wildman–Crippen MR) is 277 cm³/mol. The summed E-state index contributed by atoms with van der Waals surface area (Å²) in [5, 5.41) is 14.6. The molecular weight excluding hydrogens is 799 g/mol. The van der Waals surface area contributed by atoms with Crippen LogP contribution in [0.3, 0.4) is 0 Å². The van der Waals surface area contributed by atoms with Crippen LogP contribution in [-0.2, 0) is 0 Å². The van der Waals surface area contributed by atoms with Gasteiger partial charge >= 0.3 is 0 Å². The van der Waals surface area contributed by atoms with Crippen LogP contribution in [0.2, 0.25) is 0 Å². The van der Waals surface area contributed by atoms with Crippen molar-refractivity contribution < 1.29 is 0 Å². The number of pyridine rings is 1. The van der Waals surface area contributed by atoms with E-state index in [1.54, 1.807) is 0 Å². The quantitative estimate of drug-likeness (QED) is 0.124. The molecule has 0 aliphatic carbocycles. The van der Waals surface area contributed by atoms with Crippen LogP contribution in [-0.4, -0.2) is 15.0 Å². The second kappa shape index (κ2) is 15.5. The fourth-order valence-corrected chi connectivity index (χ4v) is 10.2. The number of nitrogens with zero attached hydrogens (tertiary/aromatic N) is 3. The van der Waals surface area contributed by atoms with Crippen molar-refractivity contribution in [3.63, 3.8) is 0 Å². The number of aromatic nitrogens is 3. The van der Waals surface area contributed by atoms with Crippen molar-refractivity contribution in [3.05, 3.63) is 237 Å². The average molecular weight is 838 g/mol. The molecule has 0 spiro atoms. The number of benzene rings is 11. The molecule has 0 atom stereocenters. The van der Waals surface area contributed by atoms with Gasteiger partial charge in [-0.2, -0.15) is 0 Å². The van der Waals surface area contributed by atoms with Gasteiger partial charge in [0.2, 0.25) is 0 Å². The minimum atomic E-state index is 0.677. The third kappa shape index (κ3) is 6.40. The maximum atomic E-state index is 5.47. The first kappa shape index (κ1) is 37.7. The topological polar surface area (TPSA) is 38.7 Å². The Balaban J connectivity index is 1.15. The molecule has 13 rings (SSSR count). The van der Waals surface area contributed by atoms with Gasteiger partial charge < -0.3 is 0 Å². The van der Waals surface area contributed by atoms with E-state index in [9.17, 15) is 0 Å². The van der Waals surface area contributed by atoms with Crippen molar-refractivity contribution in [2.45, 2.75) is 0 Å². The Hall–Kier alpha value is -8.79. The third-order valence-corrected chi connectivity index (χ3v) is 13.3. The van der Waals surface area contributed by atoms with Crippen molar-refractivity contribution >= 4 is 64.6 Å². The van der Waals surface area contributed by atoms with E-state index in [1.807, 2.05) is 30.6 Å². The normalized spacial score (nSPS) is 11.6. The summed E-state index contributed by atoms with van der Waals surface area (Å²) in [6, 6.07) is 81.4. The lowest BCUT2D eigenvalue weighted by molar-refractivity contribution is 1.18. The molecule has 0 aliphatic rings. The van der Waals surface area contributed by atoms with Crippen molar-refractivity contribution in [1.82, 2.24) is 15.0 Å². The zero-order chi connectivity index (χ0) is 43.6. The fourth-order valence-electron chi connectivity index (χ4n) is 10.2. The van der Waals surface area contributed by atoms with Gasteiger partial charge in [-0.05, 0) is 147 Å². The van der Waals surface area contributed by atoms with Crippen LogP contribution in [0.25, 0.3) is 132 Å². The van der Waals surface area contributed by atoms with Gasteiger partial charge in [-0.15, -0.1) is 0 Å². The molecule has 66 heavy (non-hydrogen) atoms. The van der Waals surface area contributed by atoms with Crippen LogP contribution in [0.1, 0.15) is 0 Å². The SMILES string of the molecule is c1ccc(-c2nc(-c3ccc(-c4ccncc4)cc3)cc(-c3cc(-c4c5ccccc5cc5ccc6ccccc6c45)cc(-c4c5ccccc5cc5ccc6ccccc6c45)c3)n2)cc1. The van der Waals surface area contributed by atoms with Gasteiger partial charge in [0.1, 0.15) is 0 Å². The van der Waals surface area contributed by atoms with Gasteiger partial charge in [-0.1, -0.05) is 176 Å². The average Bonchev–Trinajstić information content (AvgIpc) is 3.39. The summed E-state index contributed by atoms with van der Waals surface area (Å²) in [6.07, 6.45) is 3.67. The largest absolute Gasteiger partial charge is 0.265 e. The molecule has 0 N–H and O–H groups in total. The van der Waals surface area contributed by atoms with Crippen LogP contribution in [0.15, 0.2) is 237 Å². The van der Waals surface area contributed by atoms with Crippen LogP contribution < -0.4 is 0 Å². The van der Waals surface area contributed by atoms with Crippen molar-refractivity contribution in [2.75, 3.05) is 0 Å². The molecule has 0 saturated heterocycles. The highest BCUT2D eigenvalue weighted by molar-refractivity contribution is 6.24. The molecule has 3 heteroatoms. The summed E-state index contributed by atoms with van der Waals surface area (Å²) in [7, 11) is 0. The smallest absolute Gasteiger partial charge is 0.160 e. The second-order valence-corrected chi connectivity index (χ2v) is 17.2. The Kier molecular flexibility index (Phi) is 8.85. The fraction of sp³-hybridized carbons (Fsp3) is 0. The van der Waals surface area contributed by atoms with Crippen LogP contribution >= 0.6 is 0 Å². The molecule has 306 valence electrons. The van der Waals surface area contributed by atoms with E-state index >= 15 is 0 Å². The lowest BCUT2D eigenvalue weighted by Gasteiger charge is -2.19. The first-order valence-corrected chi connectivity index (χ1v) is 22.5. The number of fused-ring (bicyclic) bond motifs is 8. The van der Waals surface area contributed by atoms with Crippen molar-refractivity contribution in [1.29, 1.82) is 0 Å². The maximum Gasteiger partial charge on any atom is 0.160 e. The number of hydrogen-bond acceptors (Lipinski definition) is 3. The zero-order valence-corrected chi connectivity index (χ0v) is 35.9. The summed E-state index contributed by atoms with van der Waals surface area (Å²) in [5.41, 5.74) is 11.6. The molecule has 2 heterocycles. The first-order chi connectivity index (χ1) is 32.7. The summed E-state index contributed by atoms with van der Waals surface area (Å²) in [5.74, 6) is 0.677. The van der Waals surface area contributed by atoms with Crippen LogP contribution in [0.4, 0.5) is 0 Å². The van der Waals surface area contributed by atoms with Crippen molar-refractivity contribution in [3.8, 4) is 67.3 Å². The molecular formula is C63H39N3. The molecule has 0 saturated carbocycles. The van der Waals surface area contributed by atoms with E-state index in [0.29, 0.717) is 5.82 Å². The van der Waals surface area contributed by atoms with Gasteiger partial charge in [-0.3, -0.25) is 4.98 Å². The highest BCUT2D eigenvalue weighted by Gasteiger charge is 2.20. The minimum absolute atomic E-state index is 0.677. The minimum Gasteiger partial charge on any atom is -0.265 e. The molecule has 11 aromatic carbocycles. The molecule has 3 nitrogen and oxygen atoms in total. The number of hydrogen-bond donors (Lipinski definition) is 0. The second-order valence-electron chi connectivity index (χ2n) is 17.2. The summed E-state index contributed by atoms with van der Waals surface area (Å²) >= 11 is 0. The van der Waals surface area contributed by atoms with Gasteiger partial charge in [0.15, 0.2) is 5.82 Å². The maximum absolute atomic E-state index is 5.47. The first-order valence-electron chi connectivity index (χ1n) is 22.5. The molecule has 0 bridgehead atoms. The van der Waals surface area contributed by atoms with E-state index in [4.69, 9.17) is 9.97 Å². The molecule has 0 unspecified atom stereocenters. The summed E-state index contributed by atoms with van der Waals surface area (Å²) in [4.78, 5) is 15.0. The molecule has 0 amide bonds. The van der Waals surface area contributed by atoms with Crippen LogP contribution in [0, 0.1) is 0 Å². The lowest BCUT2D eigenvalue weighted by atomic mass is 9.84. The highest BCUT2D eigenvalue weighted by atomic mass is 14.9. The van der Waals surface area contributed by atoms with Crippen molar-refractivity contribution in [2.24, 2.45) is 0 Å². The van der Waals surface area contributed by atoms with E-state index in [2.05, 4.69) is 211 Å². The molecule has 0 radical (unpaired) electrons. The standard InChI is InChI=1S/C63H39N3/c1-2-14-45(15-3-1)63-65-57(44-26-22-40(23-27-44)41-30-32-64-33-31-41)39-58(66-63)50-36-51(61-55-20-10-6-16-46(55)34-48-28-24-42-12-4-8-18-53(42)59(48)61)38-52(37-50)62-56-21-11-7-17-47(56)35-49-29-25-43-13-5-9-19-54(43)60(49)62/h1-39H. The summed E-state index contributed by atoms with van der Waals surface area (Å²) < 4.78 is 0. The van der Waals surface area contributed by atoms with Gasteiger partial charge in [0.05, 0.1) is 11.4 Å². The third-order valence-electron chi connectivity index (χ3n) is 13.3. The zero-order valence-electron chi connectivity index (χ0n) is 35.9. The Bertz CT molecular complexity index is 3850. The van der Waals surface area contributed by atoms with Gasteiger partial charge in [0, 0.05) is 29.1 Å². The van der Waals surface area contributed by atoms with E-state index < -0.39 is 0 Å². The van der Waals surface area contributed by atoms with Gasteiger partial charge in [-0.25, -0.2) is 9.97 Å². The highest BCUT2D eigenvalue weighted by Crippen LogP contribution is 2.46.